The zero-order valence-corrected chi connectivity index (χ0v) is 31.6. The van der Waals surface area contributed by atoms with E-state index in [2.05, 4.69) is 75.8 Å². The van der Waals surface area contributed by atoms with Crippen molar-refractivity contribution in [3.8, 4) is 0 Å². The third-order valence-electron chi connectivity index (χ3n) is 6.05. The predicted molar refractivity (Wildman–Crippen MR) is 193 cm³/mol. The molecule has 0 bridgehead atoms. The minimum Gasteiger partial charge on any atom is -0.465 e. The van der Waals surface area contributed by atoms with Crippen LogP contribution < -0.4 is 0 Å². The fourth-order valence-electron chi connectivity index (χ4n) is 3.44. The minimum atomic E-state index is -1.39. The molecule has 0 saturated carbocycles. The molecule has 0 aromatic rings. The van der Waals surface area contributed by atoms with Gasteiger partial charge >= 0.3 is 29.8 Å². The number of aliphatic hydroxyl groups is 1. The van der Waals surface area contributed by atoms with Gasteiger partial charge in [-0.15, -0.1) is 0 Å². The van der Waals surface area contributed by atoms with Crippen LogP contribution in [0, 0.1) is 10.8 Å². The molecule has 0 aromatic heterocycles. The largest absolute Gasteiger partial charge is 0.465 e. The Morgan fingerprint density at radius 2 is 0.723 bits per heavy atom. The second-order valence-corrected chi connectivity index (χ2v) is 13.1. The van der Waals surface area contributed by atoms with Gasteiger partial charge in [0.2, 0.25) is 0 Å². The number of aliphatic hydroxyl groups excluding tert-OH is 1. The number of carbonyl (C=O) groups is 5. The van der Waals surface area contributed by atoms with E-state index in [0.29, 0.717) is 5.75 Å². The summed E-state index contributed by atoms with van der Waals surface area (Å²) in [4.78, 5) is 61.6. The predicted octanol–water partition coefficient (Wildman–Crippen LogP) is 1.95. The lowest BCUT2D eigenvalue weighted by Crippen LogP contribution is -2.47. The Morgan fingerprint density at radius 1 is 0.447 bits per heavy atom. The zero-order chi connectivity index (χ0) is 35.6. The molecule has 13 nitrogen and oxygen atoms in total. The molecule has 1 N–H and O–H groups in total. The van der Waals surface area contributed by atoms with Crippen LogP contribution in [0.4, 0.5) is 0 Å². The summed E-state index contributed by atoms with van der Waals surface area (Å²) in [6.45, 7) is -2.73. The van der Waals surface area contributed by atoms with Crippen LogP contribution in [-0.4, -0.2) is 129 Å². The quantitative estimate of drug-likeness (QED) is 0.0255. The van der Waals surface area contributed by atoms with E-state index in [0.717, 1.165) is 0 Å². The maximum atomic E-state index is 12.3. The Balaban J connectivity index is 6.44. The molecule has 47 heavy (non-hydrogen) atoms. The third-order valence-corrected chi connectivity index (χ3v) is 7.43. The van der Waals surface area contributed by atoms with E-state index >= 15 is 0 Å². The fourth-order valence-corrected chi connectivity index (χ4v) is 4.57. The number of esters is 5. The maximum Gasteiger partial charge on any atom is 0.306 e. The van der Waals surface area contributed by atoms with E-state index in [4.69, 9.17) is 33.2 Å². The summed E-state index contributed by atoms with van der Waals surface area (Å²) in [5, 5.41) is 10.3. The smallest absolute Gasteiger partial charge is 0.306 e. The third kappa shape index (κ3) is 22.6. The SMILES string of the molecule is O=C(CCS)OCC(COCC(COC(=O)CCS)(COC(=O)CCS)COC(O)CCS)(COC(=O)CCS)COC(=O)CCS. The molecule has 0 heterocycles. The lowest BCUT2D eigenvalue weighted by atomic mass is 9.90. The van der Waals surface area contributed by atoms with Crippen molar-refractivity contribution in [2.24, 2.45) is 10.8 Å². The highest BCUT2D eigenvalue weighted by Crippen LogP contribution is 2.27. The summed E-state index contributed by atoms with van der Waals surface area (Å²) in [5.41, 5.74) is -2.75. The van der Waals surface area contributed by atoms with Crippen LogP contribution >= 0.6 is 75.8 Å². The van der Waals surface area contributed by atoms with E-state index in [1.54, 1.807) is 0 Å². The van der Waals surface area contributed by atoms with Crippen LogP contribution in [0.2, 0.25) is 0 Å². The Labute approximate surface area is 309 Å². The average Bonchev–Trinajstić information content (AvgIpc) is 3.03. The molecule has 0 rings (SSSR count). The summed E-state index contributed by atoms with van der Waals surface area (Å²) in [5.74, 6) is -1.54. The van der Waals surface area contributed by atoms with Crippen molar-refractivity contribution in [3.63, 3.8) is 0 Å². The average molecular weight is 785 g/mol. The summed E-state index contributed by atoms with van der Waals surface area (Å²) >= 11 is 24.3. The monoisotopic (exact) mass is 784 g/mol. The van der Waals surface area contributed by atoms with Gasteiger partial charge in [0.1, 0.15) is 33.0 Å². The number of hydrogen-bond acceptors (Lipinski definition) is 19. The first-order valence-corrected chi connectivity index (χ1v) is 18.5. The van der Waals surface area contributed by atoms with E-state index in [1.165, 1.54) is 0 Å². The molecule has 0 aliphatic rings. The Kier molecular flexibility index (Phi) is 27.7. The van der Waals surface area contributed by atoms with Crippen molar-refractivity contribution in [2.75, 3.05) is 87.4 Å². The number of carbonyl (C=O) groups excluding carboxylic acids is 5. The number of hydrogen-bond donors (Lipinski definition) is 7. The van der Waals surface area contributed by atoms with Crippen molar-refractivity contribution in [2.45, 2.75) is 44.8 Å². The van der Waals surface area contributed by atoms with Gasteiger partial charge in [-0.05, 0) is 5.75 Å². The van der Waals surface area contributed by atoms with Gasteiger partial charge in [-0.2, -0.15) is 75.8 Å². The van der Waals surface area contributed by atoms with Gasteiger partial charge in [0.25, 0.3) is 0 Å². The van der Waals surface area contributed by atoms with Crippen molar-refractivity contribution in [1.82, 2.24) is 0 Å². The zero-order valence-electron chi connectivity index (χ0n) is 26.2. The highest BCUT2D eigenvalue weighted by atomic mass is 32.1. The molecule has 0 saturated heterocycles. The van der Waals surface area contributed by atoms with Crippen LogP contribution in [-0.2, 0) is 57.1 Å². The molecule has 0 amide bonds. The molecule has 19 heteroatoms. The topological polar surface area (TPSA) is 170 Å². The molecule has 0 radical (unpaired) electrons. The molecular weight excluding hydrogens is 737 g/mol. The Morgan fingerprint density at radius 3 is 0.979 bits per heavy atom. The lowest BCUT2D eigenvalue weighted by Gasteiger charge is -2.36. The van der Waals surface area contributed by atoms with Crippen molar-refractivity contribution >= 4 is 106 Å². The van der Waals surface area contributed by atoms with Gasteiger partial charge in [0, 0.05) is 35.2 Å². The van der Waals surface area contributed by atoms with Crippen molar-refractivity contribution < 1.29 is 62.2 Å². The van der Waals surface area contributed by atoms with Gasteiger partial charge in [0.05, 0.1) is 62.8 Å². The van der Waals surface area contributed by atoms with Crippen LogP contribution in [0.3, 0.4) is 0 Å². The van der Waals surface area contributed by atoms with Gasteiger partial charge in [-0.1, -0.05) is 0 Å². The molecule has 0 fully saturated rings. The maximum absolute atomic E-state index is 12.3. The van der Waals surface area contributed by atoms with Crippen LogP contribution in [0.15, 0.2) is 0 Å². The van der Waals surface area contributed by atoms with Gasteiger partial charge in [-0.25, -0.2) is 0 Å². The Bertz CT molecular complexity index is 850. The van der Waals surface area contributed by atoms with E-state index in [-0.39, 0.29) is 120 Å². The highest BCUT2D eigenvalue weighted by molar-refractivity contribution is 7.81. The molecule has 274 valence electrons. The second kappa shape index (κ2) is 28.1. The van der Waals surface area contributed by atoms with E-state index in [1.807, 2.05) is 0 Å². The molecule has 0 aromatic carbocycles. The molecule has 0 spiro atoms. The van der Waals surface area contributed by atoms with Gasteiger partial charge < -0.3 is 38.3 Å². The molecular formula is C28H48O13S6. The molecule has 1 unspecified atom stereocenters. The number of thiol groups is 6. The summed E-state index contributed by atoms with van der Waals surface area (Å²) in [7, 11) is 0. The van der Waals surface area contributed by atoms with E-state index < -0.39 is 47.0 Å². The Hall–Kier alpha value is -0.670. The first kappa shape index (κ1) is 46.3. The van der Waals surface area contributed by atoms with Crippen LogP contribution in [0.5, 0.6) is 0 Å². The van der Waals surface area contributed by atoms with Crippen molar-refractivity contribution in [3.05, 3.63) is 0 Å². The summed E-state index contributed by atoms with van der Waals surface area (Å²) in [6.07, 6.45) is -1.10. The standard InChI is InChI=1S/C28H48O13S6/c29-21(1-7-42)36-15-27(16-37-22(30)2-8-43,17-38-23(31)3-9-44)13-35-14-28(18-39-24(32)4-10-45,19-40-25(33)5-11-46)20-41-26(34)6-12-47/h21,29,42-47H,1-20H2. The van der Waals surface area contributed by atoms with Crippen molar-refractivity contribution in [1.29, 1.82) is 0 Å². The normalized spacial score (nSPS) is 12.2. The first-order valence-electron chi connectivity index (χ1n) is 14.7. The number of ether oxygens (including phenoxy) is 7. The first-order chi connectivity index (χ1) is 22.4. The summed E-state index contributed by atoms with van der Waals surface area (Å²) in [6, 6.07) is 0. The minimum absolute atomic E-state index is 0.00130. The molecule has 1 atom stereocenters. The summed E-state index contributed by atoms with van der Waals surface area (Å²) < 4.78 is 38.9. The van der Waals surface area contributed by atoms with Crippen LogP contribution in [0.25, 0.3) is 0 Å². The van der Waals surface area contributed by atoms with Gasteiger partial charge in [-0.3, -0.25) is 24.0 Å². The van der Waals surface area contributed by atoms with Gasteiger partial charge in [0.15, 0.2) is 6.29 Å². The lowest BCUT2D eigenvalue weighted by molar-refractivity contribution is -0.184. The molecule has 0 aliphatic carbocycles. The molecule has 0 aliphatic heterocycles. The number of rotatable bonds is 29. The van der Waals surface area contributed by atoms with Crippen LogP contribution in [0.1, 0.15) is 38.5 Å². The highest BCUT2D eigenvalue weighted by Gasteiger charge is 2.40. The fraction of sp³-hybridized carbons (Fsp3) is 0.821. The van der Waals surface area contributed by atoms with E-state index in [9.17, 15) is 29.1 Å². The second-order valence-electron chi connectivity index (χ2n) is 10.4.